The topological polar surface area (TPSA) is 37.3 Å². The molecule has 0 unspecified atom stereocenters. The highest BCUT2D eigenvalue weighted by Gasteiger charge is 2.04. The molecule has 0 fully saturated rings. The maximum atomic E-state index is 10.7. The predicted molar refractivity (Wildman–Crippen MR) is 63.9 cm³/mol. The molecule has 2 heteroatoms. The summed E-state index contributed by atoms with van der Waals surface area (Å²) in [5.74, 6) is 0.0230. The molecule has 0 heterocycles. The molecule has 0 saturated carbocycles. The Morgan fingerprint density at radius 1 is 1.20 bits per heavy atom. The van der Waals surface area contributed by atoms with Crippen LogP contribution in [0.3, 0.4) is 0 Å². The summed E-state index contributed by atoms with van der Waals surface area (Å²) in [5.41, 5.74) is 0.554. The third-order valence-corrected chi connectivity index (χ3v) is 2.60. The number of carboxylic acid groups (broad SMARTS) is 1. The van der Waals surface area contributed by atoms with E-state index >= 15 is 0 Å². The van der Waals surface area contributed by atoms with Gasteiger partial charge in [-0.3, -0.25) is 0 Å². The summed E-state index contributed by atoms with van der Waals surface area (Å²) in [7, 11) is 0. The van der Waals surface area contributed by atoms with Crippen molar-refractivity contribution in [2.24, 2.45) is 5.92 Å². The Labute approximate surface area is 93.4 Å². The number of rotatable bonds is 8. The number of aliphatic carboxylic acids is 1. The van der Waals surface area contributed by atoms with E-state index in [1.807, 2.05) is 0 Å². The number of hydrogen-bond acceptors (Lipinski definition) is 1. The van der Waals surface area contributed by atoms with Crippen molar-refractivity contribution in [2.45, 2.75) is 59.3 Å². The van der Waals surface area contributed by atoms with Crippen LogP contribution in [0.1, 0.15) is 59.3 Å². The van der Waals surface area contributed by atoms with E-state index in [1.165, 1.54) is 19.3 Å². The van der Waals surface area contributed by atoms with Crippen LogP contribution in [0.4, 0.5) is 0 Å². The first-order valence-electron chi connectivity index (χ1n) is 5.96. The van der Waals surface area contributed by atoms with Gasteiger partial charge in [-0.25, -0.2) is 4.79 Å². The average molecular weight is 212 g/mol. The second-order valence-electron chi connectivity index (χ2n) is 4.47. The van der Waals surface area contributed by atoms with Gasteiger partial charge in [0.15, 0.2) is 0 Å². The molecule has 0 rings (SSSR count). The highest BCUT2D eigenvalue weighted by Crippen LogP contribution is 2.13. The van der Waals surface area contributed by atoms with E-state index in [-0.39, 0.29) is 0 Å². The van der Waals surface area contributed by atoms with Gasteiger partial charge in [-0.1, -0.05) is 45.6 Å². The fourth-order valence-electron chi connectivity index (χ4n) is 1.60. The van der Waals surface area contributed by atoms with Gasteiger partial charge in [0.05, 0.1) is 0 Å². The lowest BCUT2D eigenvalue weighted by atomic mass is 10.0. The average Bonchev–Trinajstić information content (AvgIpc) is 2.15. The second kappa shape index (κ2) is 8.51. The molecule has 0 bridgehead atoms. The zero-order valence-electron chi connectivity index (χ0n) is 10.3. The molecule has 0 aromatic carbocycles. The molecule has 0 atom stereocenters. The SMILES string of the molecule is CC=C(CCCCCCC(C)C)C(=O)O. The lowest BCUT2D eigenvalue weighted by Crippen LogP contribution is -2.00. The molecule has 15 heavy (non-hydrogen) atoms. The summed E-state index contributed by atoms with van der Waals surface area (Å²) in [6, 6.07) is 0. The largest absolute Gasteiger partial charge is 0.478 e. The second-order valence-corrected chi connectivity index (χ2v) is 4.47. The molecular weight excluding hydrogens is 188 g/mol. The van der Waals surface area contributed by atoms with Crippen LogP contribution in [0.2, 0.25) is 0 Å². The molecule has 2 nitrogen and oxygen atoms in total. The van der Waals surface area contributed by atoms with Crippen LogP contribution in [0.15, 0.2) is 11.6 Å². The molecule has 0 aliphatic heterocycles. The number of carboxylic acids is 1. The van der Waals surface area contributed by atoms with E-state index < -0.39 is 5.97 Å². The first kappa shape index (κ1) is 14.2. The molecule has 0 aromatic rings. The Kier molecular flexibility index (Phi) is 8.06. The van der Waals surface area contributed by atoms with Crippen molar-refractivity contribution < 1.29 is 9.90 Å². The molecule has 1 N–H and O–H groups in total. The molecular formula is C13H24O2. The molecule has 0 aliphatic rings. The fourth-order valence-corrected chi connectivity index (χ4v) is 1.60. The summed E-state index contributed by atoms with van der Waals surface area (Å²) in [6.45, 7) is 6.27. The van der Waals surface area contributed by atoms with Crippen molar-refractivity contribution >= 4 is 5.97 Å². The zero-order valence-corrected chi connectivity index (χ0v) is 10.3. The maximum absolute atomic E-state index is 10.7. The van der Waals surface area contributed by atoms with E-state index in [9.17, 15) is 4.79 Å². The van der Waals surface area contributed by atoms with Gasteiger partial charge in [0.2, 0.25) is 0 Å². The van der Waals surface area contributed by atoms with Crippen LogP contribution < -0.4 is 0 Å². The third-order valence-electron chi connectivity index (χ3n) is 2.60. The van der Waals surface area contributed by atoms with E-state index in [0.29, 0.717) is 12.0 Å². The summed E-state index contributed by atoms with van der Waals surface area (Å²) in [5, 5.41) is 8.78. The fraction of sp³-hybridized carbons (Fsp3) is 0.769. The molecule has 0 spiro atoms. The van der Waals surface area contributed by atoms with Crippen LogP contribution >= 0.6 is 0 Å². The molecule has 0 radical (unpaired) electrons. The van der Waals surface area contributed by atoms with E-state index in [2.05, 4.69) is 13.8 Å². The van der Waals surface area contributed by atoms with Gasteiger partial charge < -0.3 is 5.11 Å². The number of carbonyl (C=O) groups is 1. The van der Waals surface area contributed by atoms with Crippen LogP contribution in [-0.4, -0.2) is 11.1 Å². The minimum atomic E-state index is -0.764. The number of hydrogen-bond donors (Lipinski definition) is 1. The first-order valence-corrected chi connectivity index (χ1v) is 5.96. The minimum Gasteiger partial charge on any atom is -0.478 e. The molecule has 0 saturated heterocycles. The van der Waals surface area contributed by atoms with E-state index in [4.69, 9.17) is 5.11 Å². The van der Waals surface area contributed by atoms with E-state index in [1.54, 1.807) is 13.0 Å². The summed E-state index contributed by atoms with van der Waals surface area (Å²) >= 11 is 0. The van der Waals surface area contributed by atoms with Crippen molar-refractivity contribution in [1.29, 1.82) is 0 Å². The molecule has 0 aromatic heterocycles. The van der Waals surface area contributed by atoms with Crippen LogP contribution in [0, 0.1) is 5.92 Å². The van der Waals surface area contributed by atoms with Crippen molar-refractivity contribution in [3.05, 3.63) is 11.6 Å². The molecule has 0 aliphatic carbocycles. The quantitative estimate of drug-likeness (QED) is 0.487. The van der Waals surface area contributed by atoms with Crippen molar-refractivity contribution in [3.8, 4) is 0 Å². The van der Waals surface area contributed by atoms with Gasteiger partial charge in [-0.2, -0.15) is 0 Å². The minimum absolute atomic E-state index is 0.554. The highest BCUT2D eigenvalue weighted by atomic mass is 16.4. The van der Waals surface area contributed by atoms with Gasteiger partial charge in [0.25, 0.3) is 0 Å². The molecule has 0 amide bonds. The Balaban J connectivity index is 3.42. The van der Waals surface area contributed by atoms with Crippen LogP contribution in [0.5, 0.6) is 0 Å². The molecule has 88 valence electrons. The van der Waals surface area contributed by atoms with Gasteiger partial charge >= 0.3 is 5.97 Å². The third kappa shape index (κ3) is 8.22. The van der Waals surface area contributed by atoms with Crippen molar-refractivity contribution in [3.63, 3.8) is 0 Å². The Morgan fingerprint density at radius 2 is 1.80 bits per heavy atom. The summed E-state index contributed by atoms with van der Waals surface area (Å²) in [4.78, 5) is 10.7. The van der Waals surface area contributed by atoms with Crippen LogP contribution in [0.25, 0.3) is 0 Å². The lowest BCUT2D eigenvalue weighted by molar-refractivity contribution is -0.132. The van der Waals surface area contributed by atoms with Crippen LogP contribution in [-0.2, 0) is 4.79 Å². The summed E-state index contributed by atoms with van der Waals surface area (Å²) in [6.07, 6.45) is 8.37. The number of allylic oxidation sites excluding steroid dienone is 1. The van der Waals surface area contributed by atoms with Crippen molar-refractivity contribution in [2.75, 3.05) is 0 Å². The van der Waals surface area contributed by atoms with Gasteiger partial charge in [0, 0.05) is 5.57 Å². The first-order chi connectivity index (χ1) is 7.07. The number of unbranched alkanes of at least 4 members (excludes halogenated alkanes) is 3. The Hall–Kier alpha value is -0.790. The maximum Gasteiger partial charge on any atom is 0.331 e. The lowest BCUT2D eigenvalue weighted by Gasteiger charge is -2.04. The summed E-state index contributed by atoms with van der Waals surface area (Å²) < 4.78 is 0. The highest BCUT2D eigenvalue weighted by molar-refractivity contribution is 5.86. The van der Waals surface area contributed by atoms with E-state index in [0.717, 1.165) is 18.8 Å². The Morgan fingerprint density at radius 3 is 2.27 bits per heavy atom. The monoisotopic (exact) mass is 212 g/mol. The van der Waals surface area contributed by atoms with Gasteiger partial charge in [-0.05, 0) is 25.7 Å². The normalized spacial score (nSPS) is 12.1. The predicted octanol–water partition coefficient (Wildman–Crippen LogP) is 4.01. The smallest absolute Gasteiger partial charge is 0.331 e. The van der Waals surface area contributed by atoms with Gasteiger partial charge in [0.1, 0.15) is 0 Å². The van der Waals surface area contributed by atoms with Crippen molar-refractivity contribution in [1.82, 2.24) is 0 Å². The Bertz CT molecular complexity index is 205. The van der Waals surface area contributed by atoms with Gasteiger partial charge in [-0.15, -0.1) is 0 Å². The standard InChI is InChI=1S/C13H24O2/c1-4-12(13(14)15)10-8-6-5-7-9-11(2)3/h4,11H,5-10H2,1-3H3,(H,14,15). The zero-order chi connectivity index (χ0) is 11.7.